The molecule has 1 rings (SSSR count). The van der Waals surface area contributed by atoms with E-state index in [1.54, 1.807) is 0 Å². The summed E-state index contributed by atoms with van der Waals surface area (Å²) in [5.74, 6) is 0. The van der Waals surface area contributed by atoms with Crippen molar-refractivity contribution < 1.29 is 11.2 Å². The Bertz CT molecular complexity index is 465. The Morgan fingerprint density at radius 3 is 2.57 bits per heavy atom. The summed E-state index contributed by atoms with van der Waals surface area (Å²) in [6.07, 6.45) is 3.58. The molecule has 78 valence electrons. The van der Waals surface area contributed by atoms with E-state index in [0.29, 0.717) is 0 Å². The highest BCUT2D eigenvalue weighted by molar-refractivity contribution is 7.88. The maximum absolute atomic E-state index is 10.9. The number of nitrogens with one attached hydrogen (secondary N) is 1. The number of nitrogens with zero attached hydrogens (tertiary/aromatic N) is 2. The van der Waals surface area contributed by atoms with Crippen LogP contribution >= 0.6 is 0 Å². The average Bonchev–Trinajstić information content (AvgIpc) is 2.15. The molecule has 1 heterocycles. The zero-order valence-corrected chi connectivity index (χ0v) is 8.32. The molecule has 0 bridgehead atoms. The van der Waals surface area contributed by atoms with Gasteiger partial charge in [0.15, 0.2) is 0 Å². The zero-order valence-electron chi connectivity index (χ0n) is 9.51. The van der Waals surface area contributed by atoms with E-state index < -0.39 is 23.1 Å². The van der Waals surface area contributed by atoms with Crippen molar-refractivity contribution in [3.8, 4) is 0 Å². The van der Waals surface area contributed by atoms with Gasteiger partial charge in [-0.3, -0.25) is 9.97 Å². The third-order valence-corrected chi connectivity index (χ3v) is 1.87. The molecule has 1 aromatic rings. The van der Waals surface area contributed by atoms with E-state index in [9.17, 15) is 8.42 Å². The maximum atomic E-state index is 10.9. The van der Waals surface area contributed by atoms with Gasteiger partial charge in [-0.15, -0.1) is 0 Å². The van der Waals surface area contributed by atoms with Crippen LogP contribution in [0.5, 0.6) is 0 Å². The second kappa shape index (κ2) is 4.45. The van der Waals surface area contributed by atoms with Gasteiger partial charge in [0.1, 0.15) is 0 Å². The summed E-state index contributed by atoms with van der Waals surface area (Å²) in [6, 6.07) is 0. The lowest BCUT2D eigenvalue weighted by molar-refractivity contribution is 0.586. The van der Waals surface area contributed by atoms with E-state index in [1.165, 1.54) is 12.4 Å². The van der Waals surface area contributed by atoms with Gasteiger partial charge in [0, 0.05) is 20.3 Å². The van der Waals surface area contributed by atoms with Crippen LogP contribution in [0.25, 0.3) is 0 Å². The van der Waals surface area contributed by atoms with Crippen LogP contribution in [0, 0.1) is 0 Å². The molecule has 0 saturated carbocycles. The lowest BCUT2D eigenvalue weighted by atomic mass is 10.3. The summed E-state index contributed by atoms with van der Waals surface area (Å²) in [4.78, 5) is 7.61. The van der Waals surface area contributed by atoms with E-state index in [-0.39, 0.29) is 11.4 Å². The van der Waals surface area contributed by atoms with Crippen molar-refractivity contribution in [2.24, 2.45) is 5.73 Å². The zero-order chi connectivity index (χ0) is 12.3. The Morgan fingerprint density at radius 2 is 2.07 bits per heavy atom. The molecule has 7 heteroatoms. The van der Waals surface area contributed by atoms with Crippen LogP contribution < -0.4 is 10.5 Å². The molecule has 3 N–H and O–H groups in total. The number of hydrogen-bond acceptors (Lipinski definition) is 5. The first kappa shape index (κ1) is 8.27. The van der Waals surface area contributed by atoms with E-state index in [0.717, 1.165) is 6.26 Å². The molecular formula is C7H12N4O2S. The van der Waals surface area contributed by atoms with Crippen molar-refractivity contribution in [1.82, 2.24) is 14.7 Å². The molecule has 6 nitrogen and oxygen atoms in total. The Hall–Kier alpha value is -1.05. The normalized spacial score (nSPS) is 18.1. The third-order valence-electron chi connectivity index (χ3n) is 1.32. The third kappa shape index (κ3) is 3.36. The van der Waals surface area contributed by atoms with E-state index in [4.69, 9.17) is 8.48 Å². The molecule has 0 saturated heterocycles. The SMILES string of the molecule is [2H]C(N)c1nccnc1C([2H])NS(C)(=O)=O. The summed E-state index contributed by atoms with van der Waals surface area (Å²) < 4.78 is 38.8. The standard InChI is InChI=1S/C7H12N4O2S/c1-14(12,13)11-5-7-6(4-8)9-2-3-10-7/h2-3,11H,4-5,8H2,1H3/i4D,5D. The van der Waals surface area contributed by atoms with Crippen molar-refractivity contribution in [2.75, 3.05) is 6.26 Å². The fourth-order valence-electron chi connectivity index (χ4n) is 0.762. The first-order valence-electron chi connectivity index (χ1n) is 4.85. The summed E-state index contributed by atoms with van der Waals surface area (Å²) in [5.41, 5.74) is 5.44. The molecular weight excluding hydrogens is 204 g/mol. The van der Waals surface area contributed by atoms with Crippen molar-refractivity contribution in [3.05, 3.63) is 23.8 Å². The first-order valence-corrected chi connectivity index (χ1v) is 5.58. The molecule has 2 atom stereocenters. The molecule has 0 fully saturated rings. The highest BCUT2D eigenvalue weighted by atomic mass is 32.2. The molecule has 0 aliphatic carbocycles. The van der Waals surface area contributed by atoms with Crippen LogP contribution in [0.2, 0.25) is 0 Å². The smallest absolute Gasteiger partial charge is 0.209 e. The second-order valence-electron chi connectivity index (χ2n) is 2.53. The molecule has 14 heavy (non-hydrogen) atoms. The first-order chi connectivity index (χ1) is 7.31. The number of hydrogen-bond donors (Lipinski definition) is 2. The summed E-state index contributed by atoms with van der Waals surface area (Å²) in [5, 5.41) is 0. The van der Waals surface area contributed by atoms with Crippen LogP contribution in [0.15, 0.2) is 12.4 Å². The minimum atomic E-state index is -3.52. The van der Waals surface area contributed by atoms with Gasteiger partial charge in [0.05, 0.1) is 25.5 Å². The van der Waals surface area contributed by atoms with Crippen molar-refractivity contribution in [3.63, 3.8) is 0 Å². The Morgan fingerprint density at radius 1 is 1.50 bits per heavy atom. The lowest BCUT2D eigenvalue weighted by Gasteiger charge is -2.05. The quantitative estimate of drug-likeness (QED) is 0.674. The van der Waals surface area contributed by atoms with Crippen LogP contribution in [0.4, 0.5) is 0 Å². The Labute approximate surface area is 85.4 Å². The maximum Gasteiger partial charge on any atom is 0.209 e. The predicted octanol–water partition coefficient (Wildman–Crippen LogP) is -1.02. The number of nitrogens with two attached hydrogens (primary N) is 1. The molecule has 0 aliphatic heterocycles. The van der Waals surface area contributed by atoms with Crippen molar-refractivity contribution in [2.45, 2.75) is 13.0 Å². The molecule has 0 aromatic carbocycles. The summed E-state index contributed by atoms with van der Waals surface area (Å²) >= 11 is 0. The second-order valence-corrected chi connectivity index (χ2v) is 4.31. The summed E-state index contributed by atoms with van der Waals surface area (Å²) in [6.45, 7) is -2.46. The van der Waals surface area contributed by atoms with Gasteiger partial charge in [-0.05, 0) is 0 Å². The van der Waals surface area contributed by atoms with Gasteiger partial charge in [-0.25, -0.2) is 13.1 Å². The molecule has 0 spiro atoms. The van der Waals surface area contributed by atoms with Crippen LogP contribution in [0.3, 0.4) is 0 Å². The highest BCUT2D eigenvalue weighted by Gasteiger charge is 2.06. The Kier molecular flexibility index (Phi) is 2.63. The monoisotopic (exact) mass is 218 g/mol. The predicted molar refractivity (Wildman–Crippen MR) is 51.6 cm³/mol. The molecule has 2 unspecified atom stereocenters. The van der Waals surface area contributed by atoms with Gasteiger partial charge >= 0.3 is 0 Å². The molecule has 1 aromatic heterocycles. The van der Waals surface area contributed by atoms with Crippen molar-refractivity contribution in [1.29, 1.82) is 0 Å². The molecule has 0 radical (unpaired) electrons. The van der Waals surface area contributed by atoms with Gasteiger partial charge in [0.25, 0.3) is 0 Å². The van der Waals surface area contributed by atoms with Gasteiger partial charge in [-0.2, -0.15) is 0 Å². The number of sulfonamides is 1. The number of rotatable bonds is 4. The minimum absolute atomic E-state index is 0.0374. The molecule has 0 amide bonds. The van der Waals surface area contributed by atoms with Crippen LogP contribution in [-0.2, 0) is 23.1 Å². The van der Waals surface area contributed by atoms with Crippen LogP contribution in [-0.4, -0.2) is 24.6 Å². The van der Waals surface area contributed by atoms with Crippen molar-refractivity contribution >= 4 is 10.0 Å². The fraction of sp³-hybridized carbons (Fsp3) is 0.429. The van der Waals surface area contributed by atoms with Crippen LogP contribution in [0.1, 0.15) is 14.1 Å². The van der Waals surface area contributed by atoms with E-state index in [1.807, 2.05) is 4.72 Å². The number of aromatic nitrogens is 2. The summed E-state index contributed by atoms with van der Waals surface area (Å²) in [7, 11) is -3.52. The van der Waals surface area contributed by atoms with Gasteiger partial charge in [-0.1, -0.05) is 0 Å². The van der Waals surface area contributed by atoms with Gasteiger partial charge in [0.2, 0.25) is 10.0 Å². The lowest BCUT2D eigenvalue weighted by Crippen LogP contribution is -2.23. The Balaban J connectivity index is 3.04. The fourth-order valence-corrected chi connectivity index (χ4v) is 1.09. The topological polar surface area (TPSA) is 98.0 Å². The van der Waals surface area contributed by atoms with Gasteiger partial charge < -0.3 is 5.73 Å². The minimum Gasteiger partial charge on any atom is -0.325 e. The molecule has 0 aliphatic rings. The van der Waals surface area contributed by atoms with E-state index >= 15 is 0 Å². The van der Waals surface area contributed by atoms with E-state index in [2.05, 4.69) is 9.97 Å². The largest absolute Gasteiger partial charge is 0.325 e. The highest BCUT2D eigenvalue weighted by Crippen LogP contribution is 1.99. The average molecular weight is 218 g/mol.